The lowest BCUT2D eigenvalue weighted by atomic mass is 10.1. The number of nitrogens with zero attached hydrogens (tertiary/aromatic N) is 2. The predicted octanol–water partition coefficient (Wildman–Crippen LogP) is 2.12. The van der Waals surface area contributed by atoms with Gasteiger partial charge in [0.25, 0.3) is 0 Å². The van der Waals surface area contributed by atoms with Crippen molar-refractivity contribution in [3.63, 3.8) is 0 Å². The van der Waals surface area contributed by atoms with Crippen LogP contribution in [0.5, 0.6) is 5.75 Å². The first-order chi connectivity index (χ1) is 8.67. The van der Waals surface area contributed by atoms with Gasteiger partial charge in [-0.3, -0.25) is 0 Å². The second kappa shape index (κ2) is 5.23. The number of nitrogens with one attached hydrogen (secondary N) is 1. The standard InChI is InChI=1S/C14H19N3O/c1-10-16-13(9-15-2)14(17(10)3)11-5-7-12(18-4)8-6-11/h5-8,15H,9H2,1-4H3. The van der Waals surface area contributed by atoms with Gasteiger partial charge in [-0.25, -0.2) is 4.98 Å². The summed E-state index contributed by atoms with van der Waals surface area (Å²) in [7, 11) is 5.65. The Balaban J connectivity index is 2.47. The van der Waals surface area contributed by atoms with E-state index in [0.717, 1.165) is 35.1 Å². The topological polar surface area (TPSA) is 39.1 Å². The molecule has 0 fully saturated rings. The van der Waals surface area contributed by atoms with Crippen molar-refractivity contribution < 1.29 is 4.74 Å². The summed E-state index contributed by atoms with van der Waals surface area (Å²) in [5.74, 6) is 1.89. The molecule has 2 aromatic rings. The molecule has 18 heavy (non-hydrogen) atoms. The van der Waals surface area contributed by atoms with E-state index in [1.165, 1.54) is 0 Å². The Hall–Kier alpha value is -1.81. The van der Waals surface area contributed by atoms with Crippen LogP contribution in [0.3, 0.4) is 0 Å². The maximum Gasteiger partial charge on any atom is 0.118 e. The van der Waals surface area contributed by atoms with Gasteiger partial charge in [-0.2, -0.15) is 0 Å². The van der Waals surface area contributed by atoms with E-state index in [9.17, 15) is 0 Å². The number of imidazole rings is 1. The minimum Gasteiger partial charge on any atom is -0.497 e. The molecule has 0 aliphatic heterocycles. The lowest BCUT2D eigenvalue weighted by Gasteiger charge is -2.08. The van der Waals surface area contributed by atoms with Crippen LogP contribution in [-0.4, -0.2) is 23.7 Å². The van der Waals surface area contributed by atoms with Gasteiger partial charge in [-0.1, -0.05) is 0 Å². The molecule has 4 nitrogen and oxygen atoms in total. The summed E-state index contributed by atoms with van der Waals surface area (Å²) in [6, 6.07) is 8.07. The third-order valence-electron chi connectivity index (χ3n) is 3.10. The normalized spacial score (nSPS) is 10.7. The van der Waals surface area contributed by atoms with Crippen LogP contribution in [0, 0.1) is 6.92 Å². The fourth-order valence-corrected chi connectivity index (χ4v) is 2.08. The van der Waals surface area contributed by atoms with Crippen LogP contribution in [0.2, 0.25) is 0 Å². The van der Waals surface area contributed by atoms with Crippen molar-refractivity contribution in [2.24, 2.45) is 7.05 Å². The molecular formula is C14H19N3O. The largest absolute Gasteiger partial charge is 0.497 e. The molecule has 0 unspecified atom stereocenters. The van der Waals surface area contributed by atoms with Crippen LogP contribution < -0.4 is 10.1 Å². The van der Waals surface area contributed by atoms with Crippen molar-refractivity contribution >= 4 is 0 Å². The molecule has 0 bridgehead atoms. The molecule has 0 saturated heterocycles. The number of benzene rings is 1. The fourth-order valence-electron chi connectivity index (χ4n) is 2.08. The lowest BCUT2D eigenvalue weighted by Crippen LogP contribution is -2.07. The van der Waals surface area contributed by atoms with E-state index in [2.05, 4.69) is 27.0 Å². The Morgan fingerprint density at radius 2 is 1.94 bits per heavy atom. The van der Waals surface area contributed by atoms with Crippen molar-refractivity contribution in [2.75, 3.05) is 14.2 Å². The van der Waals surface area contributed by atoms with E-state index < -0.39 is 0 Å². The van der Waals surface area contributed by atoms with Crippen molar-refractivity contribution in [3.8, 4) is 17.0 Å². The van der Waals surface area contributed by atoms with Crippen molar-refractivity contribution in [3.05, 3.63) is 35.8 Å². The highest BCUT2D eigenvalue weighted by Crippen LogP contribution is 2.26. The molecule has 0 saturated carbocycles. The Labute approximate surface area is 108 Å². The molecule has 0 spiro atoms. The average Bonchev–Trinajstić information content (AvgIpc) is 2.66. The predicted molar refractivity (Wildman–Crippen MR) is 72.7 cm³/mol. The zero-order valence-electron chi connectivity index (χ0n) is 11.3. The Morgan fingerprint density at radius 3 is 2.50 bits per heavy atom. The van der Waals surface area contributed by atoms with Crippen LogP contribution in [0.15, 0.2) is 24.3 Å². The van der Waals surface area contributed by atoms with Crippen LogP contribution in [0.4, 0.5) is 0 Å². The van der Waals surface area contributed by atoms with Gasteiger partial charge in [0.1, 0.15) is 11.6 Å². The Kier molecular flexibility index (Phi) is 3.67. The molecule has 0 aliphatic rings. The molecule has 1 aromatic carbocycles. The van der Waals surface area contributed by atoms with Crippen LogP contribution >= 0.6 is 0 Å². The Morgan fingerprint density at radius 1 is 1.28 bits per heavy atom. The van der Waals surface area contributed by atoms with E-state index in [-0.39, 0.29) is 0 Å². The first kappa shape index (κ1) is 12.6. The molecule has 0 aliphatic carbocycles. The van der Waals surface area contributed by atoms with Gasteiger partial charge in [0.05, 0.1) is 18.5 Å². The highest BCUT2D eigenvalue weighted by molar-refractivity contribution is 5.64. The molecule has 0 amide bonds. The smallest absolute Gasteiger partial charge is 0.118 e. The summed E-state index contributed by atoms with van der Waals surface area (Å²) in [6.07, 6.45) is 0. The summed E-state index contributed by atoms with van der Waals surface area (Å²) in [5.41, 5.74) is 3.39. The number of hydrogen-bond donors (Lipinski definition) is 1. The maximum absolute atomic E-state index is 5.18. The minimum atomic E-state index is 0.767. The van der Waals surface area contributed by atoms with Gasteiger partial charge in [-0.05, 0) is 38.2 Å². The maximum atomic E-state index is 5.18. The molecule has 2 rings (SSSR count). The highest BCUT2D eigenvalue weighted by Gasteiger charge is 2.13. The highest BCUT2D eigenvalue weighted by atomic mass is 16.5. The van der Waals surface area contributed by atoms with E-state index in [0.29, 0.717) is 0 Å². The molecular weight excluding hydrogens is 226 g/mol. The van der Waals surface area contributed by atoms with Gasteiger partial charge in [0.15, 0.2) is 0 Å². The van der Waals surface area contributed by atoms with Crippen molar-refractivity contribution in [1.82, 2.24) is 14.9 Å². The summed E-state index contributed by atoms with van der Waals surface area (Å²) >= 11 is 0. The first-order valence-electron chi connectivity index (χ1n) is 5.98. The second-order valence-electron chi connectivity index (χ2n) is 4.27. The molecule has 1 N–H and O–H groups in total. The molecule has 1 heterocycles. The summed E-state index contributed by atoms with van der Waals surface area (Å²) in [4.78, 5) is 4.59. The van der Waals surface area contributed by atoms with Gasteiger partial charge >= 0.3 is 0 Å². The van der Waals surface area contributed by atoms with Gasteiger partial charge < -0.3 is 14.6 Å². The number of hydrogen-bond acceptors (Lipinski definition) is 3. The van der Waals surface area contributed by atoms with Crippen molar-refractivity contribution in [1.29, 1.82) is 0 Å². The zero-order chi connectivity index (χ0) is 13.1. The third kappa shape index (κ3) is 2.24. The average molecular weight is 245 g/mol. The number of rotatable bonds is 4. The molecule has 0 atom stereocenters. The number of aromatic nitrogens is 2. The molecule has 4 heteroatoms. The van der Waals surface area contributed by atoms with Crippen LogP contribution in [0.1, 0.15) is 11.5 Å². The molecule has 96 valence electrons. The van der Waals surface area contributed by atoms with E-state index >= 15 is 0 Å². The summed E-state index contributed by atoms with van der Waals surface area (Å²) < 4.78 is 7.30. The van der Waals surface area contributed by atoms with Crippen LogP contribution in [-0.2, 0) is 13.6 Å². The first-order valence-corrected chi connectivity index (χ1v) is 5.98. The van der Waals surface area contributed by atoms with E-state index in [4.69, 9.17) is 4.74 Å². The van der Waals surface area contributed by atoms with E-state index in [1.54, 1.807) is 7.11 Å². The molecule has 1 aromatic heterocycles. The Bertz CT molecular complexity index is 529. The summed E-state index contributed by atoms with van der Waals surface area (Å²) in [5, 5.41) is 3.16. The molecule has 0 radical (unpaired) electrons. The number of ether oxygens (including phenoxy) is 1. The fraction of sp³-hybridized carbons (Fsp3) is 0.357. The zero-order valence-corrected chi connectivity index (χ0v) is 11.3. The number of methoxy groups -OCH3 is 1. The van der Waals surface area contributed by atoms with E-state index in [1.807, 2.05) is 33.2 Å². The van der Waals surface area contributed by atoms with Gasteiger partial charge in [-0.15, -0.1) is 0 Å². The van der Waals surface area contributed by atoms with Gasteiger partial charge in [0, 0.05) is 19.2 Å². The second-order valence-corrected chi connectivity index (χ2v) is 4.27. The minimum absolute atomic E-state index is 0.767. The third-order valence-corrected chi connectivity index (χ3v) is 3.10. The van der Waals surface area contributed by atoms with Crippen LogP contribution in [0.25, 0.3) is 11.3 Å². The number of aryl methyl sites for hydroxylation is 1. The quantitative estimate of drug-likeness (QED) is 0.896. The SMILES string of the molecule is CNCc1nc(C)n(C)c1-c1ccc(OC)cc1. The summed E-state index contributed by atoms with van der Waals surface area (Å²) in [6.45, 7) is 2.79. The monoisotopic (exact) mass is 245 g/mol. The lowest BCUT2D eigenvalue weighted by molar-refractivity contribution is 0.415. The van der Waals surface area contributed by atoms with Gasteiger partial charge in [0.2, 0.25) is 0 Å². The van der Waals surface area contributed by atoms with Crippen molar-refractivity contribution in [2.45, 2.75) is 13.5 Å².